The van der Waals surface area contributed by atoms with E-state index in [1.54, 1.807) is 13.0 Å². The summed E-state index contributed by atoms with van der Waals surface area (Å²) >= 11 is 0. The van der Waals surface area contributed by atoms with Gasteiger partial charge in [-0.3, -0.25) is 9.69 Å². The fourth-order valence-electron chi connectivity index (χ4n) is 3.84. The SMILES string of the molecule is C/C(=C(\N=C(N(C)C=O)N1CCC(N)CC1)c1ccc(C#N)c(F)c1)c1ccc(OC(O)(O)O)c(F)c1. The maximum atomic E-state index is 14.7. The third kappa shape index (κ3) is 6.87. The fourth-order valence-corrected chi connectivity index (χ4v) is 3.84. The molecule has 1 fully saturated rings. The van der Waals surface area contributed by atoms with Gasteiger partial charge in [0, 0.05) is 31.7 Å². The van der Waals surface area contributed by atoms with Gasteiger partial charge in [0.15, 0.2) is 11.6 Å². The molecule has 2 aromatic rings. The number of hydrogen-bond donors (Lipinski definition) is 4. The maximum Gasteiger partial charge on any atom is 0.453 e. The van der Waals surface area contributed by atoms with Crippen LogP contribution in [0.25, 0.3) is 11.3 Å². The van der Waals surface area contributed by atoms with Crippen LogP contribution in [-0.4, -0.2) is 69.8 Å². The summed E-state index contributed by atoms with van der Waals surface area (Å²) in [5.41, 5.74) is 6.92. The number of nitrogens with zero attached hydrogens (tertiary/aromatic N) is 4. The second-order valence-electron chi connectivity index (χ2n) is 8.55. The minimum absolute atomic E-state index is 0.0163. The van der Waals surface area contributed by atoms with Gasteiger partial charge in [-0.15, -0.1) is 0 Å². The Hall–Kier alpha value is -3.89. The van der Waals surface area contributed by atoms with E-state index >= 15 is 0 Å². The Morgan fingerprint density at radius 1 is 1.19 bits per heavy atom. The van der Waals surface area contributed by atoms with Crippen molar-refractivity contribution in [2.45, 2.75) is 32.0 Å². The first kappa shape index (κ1) is 27.7. The predicted molar refractivity (Wildman–Crippen MR) is 130 cm³/mol. The van der Waals surface area contributed by atoms with Crippen molar-refractivity contribution in [1.29, 1.82) is 5.26 Å². The number of amides is 1. The minimum atomic E-state index is -3.58. The zero-order valence-electron chi connectivity index (χ0n) is 20.2. The number of allylic oxidation sites excluding steroid dienone is 1. The van der Waals surface area contributed by atoms with Crippen LogP contribution in [-0.2, 0) is 4.79 Å². The summed E-state index contributed by atoms with van der Waals surface area (Å²) in [6, 6.07) is 9.11. The van der Waals surface area contributed by atoms with Gasteiger partial charge < -0.3 is 30.7 Å². The Morgan fingerprint density at radius 3 is 2.35 bits per heavy atom. The number of aliphatic hydroxyl groups is 3. The molecule has 0 aliphatic carbocycles. The van der Waals surface area contributed by atoms with Crippen LogP contribution in [0.3, 0.4) is 0 Å². The van der Waals surface area contributed by atoms with E-state index in [1.165, 1.54) is 30.1 Å². The number of nitrogens with two attached hydrogens (primary N) is 1. The first-order chi connectivity index (χ1) is 17.4. The molecule has 0 atom stereocenters. The third-order valence-corrected chi connectivity index (χ3v) is 5.84. The van der Waals surface area contributed by atoms with E-state index in [0.717, 1.165) is 18.2 Å². The molecule has 0 spiro atoms. The van der Waals surface area contributed by atoms with E-state index in [2.05, 4.69) is 4.74 Å². The average Bonchev–Trinajstić information content (AvgIpc) is 2.85. The topological polar surface area (TPSA) is 156 Å². The number of piperidine rings is 1. The van der Waals surface area contributed by atoms with Crippen molar-refractivity contribution in [3.8, 4) is 11.8 Å². The van der Waals surface area contributed by atoms with E-state index in [1.807, 2.05) is 4.90 Å². The molecule has 0 saturated carbocycles. The molecule has 0 bridgehead atoms. The first-order valence-electron chi connectivity index (χ1n) is 11.3. The number of halogens is 2. The second-order valence-corrected chi connectivity index (χ2v) is 8.55. The van der Waals surface area contributed by atoms with Crippen LogP contribution < -0.4 is 10.5 Å². The van der Waals surface area contributed by atoms with Crippen LogP contribution in [0.2, 0.25) is 0 Å². The molecule has 2 aromatic carbocycles. The number of guanidine groups is 1. The number of likely N-dealkylation sites (tertiary alicyclic amines) is 1. The average molecular weight is 516 g/mol. The molecule has 5 N–H and O–H groups in total. The van der Waals surface area contributed by atoms with Crippen LogP contribution in [0.1, 0.15) is 36.5 Å². The lowest BCUT2D eigenvalue weighted by Gasteiger charge is -2.34. The van der Waals surface area contributed by atoms with Gasteiger partial charge in [-0.25, -0.2) is 13.8 Å². The Balaban J connectivity index is 2.20. The standard InChI is InChI=1S/C25H27F2N5O5/c1-15(16-5-6-22(21(27)11-16)37-25(34,35)36)23(17-3-4-18(13-28)20(26)12-17)30-24(31(2)14-33)32-9-7-19(29)8-10-32/h3-6,11-12,14,19,34-36H,7-10,29H2,1-2H3/b23-15+,30-24?. The van der Waals surface area contributed by atoms with Crippen molar-refractivity contribution in [3.05, 3.63) is 64.7 Å². The maximum absolute atomic E-state index is 14.7. The van der Waals surface area contributed by atoms with Gasteiger partial charge in [0.05, 0.1) is 11.3 Å². The first-order valence-corrected chi connectivity index (χ1v) is 11.3. The second kappa shape index (κ2) is 11.4. The normalized spacial score (nSPS) is 15.6. The monoisotopic (exact) mass is 515 g/mol. The van der Waals surface area contributed by atoms with Crippen LogP contribution in [0.5, 0.6) is 5.75 Å². The van der Waals surface area contributed by atoms with Gasteiger partial charge in [-0.05, 0) is 55.2 Å². The smallest absolute Gasteiger partial charge is 0.414 e. The zero-order chi connectivity index (χ0) is 27.3. The summed E-state index contributed by atoms with van der Waals surface area (Å²) in [6.45, 7) is 2.65. The van der Waals surface area contributed by atoms with Gasteiger partial charge >= 0.3 is 6.16 Å². The van der Waals surface area contributed by atoms with Crippen molar-refractivity contribution >= 4 is 23.6 Å². The molecule has 10 nitrogen and oxygen atoms in total. The summed E-state index contributed by atoms with van der Waals surface area (Å²) < 4.78 is 33.6. The number of nitriles is 1. The minimum Gasteiger partial charge on any atom is -0.414 e. The van der Waals surface area contributed by atoms with Crippen molar-refractivity contribution in [3.63, 3.8) is 0 Å². The number of hydrogen-bond acceptors (Lipinski definition) is 8. The fraction of sp³-hybridized carbons (Fsp3) is 0.320. The zero-order valence-corrected chi connectivity index (χ0v) is 20.2. The van der Waals surface area contributed by atoms with E-state index < -0.39 is 23.5 Å². The van der Waals surface area contributed by atoms with Gasteiger partial charge in [0.2, 0.25) is 12.4 Å². The highest BCUT2D eigenvalue weighted by molar-refractivity contribution is 5.98. The highest BCUT2D eigenvalue weighted by atomic mass is 19.1. The van der Waals surface area contributed by atoms with Crippen molar-refractivity contribution in [1.82, 2.24) is 9.80 Å². The van der Waals surface area contributed by atoms with Crippen LogP contribution in [0, 0.1) is 23.0 Å². The lowest BCUT2D eigenvalue weighted by atomic mass is 9.99. The highest BCUT2D eigenvalue weighted by Gasteiger charge is 2.25. The molecular formula is C25H27F2N5O5. The number of benzene rings is 2. The van der Waals surface area contributed by atoms with Gasteiger partial charge in [-0.2, -0.15) is 5.26 Å². The molecule has 1 amide bonds. The molecule has 1 aliphatic rings. The molecule has 3 rings (SSSR count). The molecule has 0 unspecified atom stereocenters. The summed E-state index contributed by atoms with van der Waals surface area (Å²) in [5.74, 6) is -2.17. The number of ether oxygens (including phenoxy) is 1. The Labute approximate surface area is 212 Å². The molecule has 12 heteroatoms. The molecule has 0 radical (unpaired) electrons. The van der Waals surface area contributed by atoms with Crippen molar-refractivity contribution in [2.75, 3.05) is 20.1 Å². The molecule has 37 heavy (non-hydrogen) atoms. The summed E-state index contributed by atoms with van der Waals surface area (Å²) in [4.78, 5) is 19.5. The summed E-state index contributed by atoms with van der Waals surface area (Å²) in [5, 5.41) is 36.1. The van der Waals surface area contributed by atoms with E-state index in [0.29, 0.717) is 37.9 Å². The number of rotatable bonds is 6. The number of carbonyl (C=O) groups is 1. The lowest BCUT2D eigenvalue weighted by Crippen LogP contribution is -2.48. The van der Waals surface area contributed by atoms with Crippen LogP contribution in [0.4, 0.5) is 8.78 Å². The Morgan fingerprint density at radius 2 is 1.81 bits per heavy atom. The van der Waals surface area contributed by atoms with E-state index in [4.69, 9.17) is 31.3 Å². The number of aliphatic imine (C=N–C) groups is 1. The van der Waals surface area contributed by atoms with Crippen LogP contribution >= 0.6 is 0 Å². The molecule has 196 valence electrons. The molecule has 1 heterocycles. The van der Waals surface area contributed by atoms with Crippen molar-refractivity contribution < 1.29 is 33.6 Å². The third-order valence-electron chi connectivity index (χ3n) is 5.84. The molecule has 1 saturated heterocycles. The summed E-state index contributed by atoms with van der Waals surface area (Å²) in [6.07, 6.45) is -1.65. The quantitative estimate of drug-likeness (QED) is 0.149. The van der Waals surface area contributed by atoms with Crippen LogP contribution in [0.15, 0.2) is 41.4 Å². The molecule has 1 aliphatic heterocycles. The Kier molecular flexibility index (Phi) is 8.57. The highest BCUT2D eigenvalue weighted by Crippen LogP contribution is 2.32. The molecular weight excluding hydrogens is 488 g/mol. The van der Waals surface area contributed by atoms with E-state index in [9.17, 15) is 13.6 Å². The lowest BCUT2D eigenvalue weighted by molar-refractivity contribution is -0.420. The van der Waals surface area contributed by atoms with E-state index in [-0.39, 0.29) is 34.4 Å². The van der Waals surface area contributed by atoms with Gasteiger partial charge in [0.25, 0.3) is 0 Å². The largest absolute Gasteiger partial charge is 0.453 e. The summed E-state index contributed by atoms with van der Waals surface area (Å²) in [7, 11) is 1.52. The van der Waals surface area contributed by atoms with Gasteiger partial charge in [0.1, 0.15) is 11.9 Å². The van der Waals surface area contributed by atoms with Gasteiger partial charge in [-0.1, -0.05) is 12.1 Å². The Bertz CT molecular complexity index is 1260. The predicted octanol–water partition coefficient (Wildman–Crippen LogP) is 1.56. The number of carbonyl (C=O) groups excluding carboxylic acids is 1. The van der Waals surface area contributed by atoms with Crippen molar-refractivity contribution in [2.24, 2.45) is 10.7 Å². The molecule has 0 aromatic heterocycles.